The number of carbonyl (C=O) groups excluding carboxylic acids is 1. The smallest absolute Gasteiger partial charge is 0.228 e. The van der Waals surface area contributed by atoms with Crippen molar-refractivity contribution in [3.63, 3.8) is 0 Å². The fourth-order valence-electron chi connectivity index (χ4n) is 5.87. The van der Waals surface area contributed by atoms with Gasteiger partial charge in [-0.2, -0.15) is 4.98 Å². The fourth-order valence-corrected chi connectivity index (χ4v) is 6.80. The summed E-state index contributed by atoms with van der Waals surface area (Å²) in [6.07, 6.45) is 2.91. The third kappa shape index (κ3) is 6.04. The van der Waals surface area contributed by atoms with Gasteiger partial charge in [0.25, 0.3) is 0 Å². The largest absolute Gasteiger partial charge is 0.380 e. The Morgan fingerprint density at radius 3 is 2.54 bits per heavy atom. The fraction of sp³-hybridized carbons (Fsp3) is 0.552. The molecule has 3 aliphatic rings. The van der Waals surface area contributed by atoms with Gasteiger partial charge in [-0.25, -0.2) is 4.98 Å². The standard InChI is InChI=1S/C29H38N6O3S/c30-26(36)23-8-11-35(18-23)29-31-27(25-24(20-39-28(25)32-29)22-4-2-1-3-5-22)34-9-6-21(7-10-34)19-38-17-14-33-12-15-37-16-13-33/h1-5,20-21,23H,6-19H2,(H2,30,36). The van der Waals surface area contributed by atoms with Crippen LogP contribution in [0.1, 0.15) is 19.3 Å². The summed E-state index contributed by atoms with van der Waals surface area (Å²) in [5.41, 5.74) is 7.97. The number of hydrogen-bond acceptors (Lipinski definition) is 9. The molecule has 2 N–H and O–H groups in total. The lowest BCUT2D eigenvalue weighted by atomic mass is 9.97. The van der Waals surface area contributed by atoms with Gasteiger partial charge in [-0.15, -0.1) is 11.3 Å². The van der Waals surface area contributed by atoms with Crippen LogP contribution in [0.25, 0.3) is 21.3 Å². The molecule has 6 rings (SSSR count). The number of aromatic nitrogens is 2. The van der Waals surface area contributed by atoms with Gasteiger partial charge >= 0.3 is 0 Å². The Bertz CT molecular complexity index is 1260. The molecule has 0 bridgehead atoms. The molecule has 1 atom stereocenters. The van der Waals surface area contributed by atoms with Gasteiger partial charge in [-0.05, 0) is 30.7 Å². The molecule has 5 heterocycles. The molecule has 3 aliphatic heterocycles. The molecule has 1 aromatic carbocycles. The summed E-state index contributed by atoms with van der Waals surface area (Å²) in [5, 5.41) is 3.33. The van der Waals surface area contributed by atoms with Crippen molar-refractivity contribution in [1.82, 2.24) is 14.9 Å². The van der Waals surface area contributed by atoms with Crippen molar-refractivity contribution in [1.29, 1.82) is 0 Å². The van der Waals surface area contributed by atoms with Crippen molar-refractivity contribution >= 4 is 39.2 Å². The van der Waals surface area contributed by atoms with E-state index >= 15 is 0 Å². The number of benzene rings is 1. The highest BCUT2D eigenvalue weighted by atomic mass is 32.1. The molecule has 2 aromatic heterocycles. The van der Waals surface area contributed by atoms with Gasteiger partial charge in [0.05, 0.1) is 31.1 Å². The van der Waals surface area contributed by atoms with E-state index in [9.17, 15) is 4.79 Å². The van der Waals surface area contributed by atoms with Crippen LogP contribution in [0.5, 0.6) is 0 Å². The van der Waals surface area contributed by atoms with E-state index in [1.54, 1.807) is 11.3 Å². The summed E-state index contributed by atoms with van der Waals surface area (Å²) >= 11 is 1.66. The van der Waals surface area contributed by atoms with Crippen molar-refractivity contribution in [2.24, 2.45) is 17.6 Å². The van der Waals surface area contributed by atoms with E-state index in [4.69, 9.17) is 25.2 Å². The predicted octanol–water partition coefficient (Wildman–Crippen LogP) is 3.24. The lowest BCUT2D eigenvalue weighted by Gasteiger charge is -2.34. The molecule has 0 spiro atoms. The maximum absolute atomic E-state index is 11.8. The highest BCUT2D eigenvalue weighted by Crippen LogP contribution is 2.40. The quantitative estimate of drug-likeness (QED) is 0.406. The minimum atomic E-state index is -0.240. The number of nitrogens with zero attached hydrogens (tertiary/aromatic N) is 5. The van der Waals surface area contributed by atoms with E-state index in [2.05, 4.69) is 44.3 Å². The highest BCUT2D eigenvalue weighted by Gasteiger charge is 2.31. The topological polar surface area (TPSA) is 97.1 Å². The summed E-state index contributed by atoms with van der Waals surface area (Å²) in [5.74, 6) is 1.89. The van der Waals surface area contributed by atoms with Crippen LogP contribution in [0.2, 0.25) is 0 Å². The SMILES string of the molecule is NC(=O)C1CCN(c2nc(N3CCC(COCCN4CCOCC4)CC3)c3c(-c4ccccc4)csc3n2)C1. The number of morpholine rings is 1. The van der Waals surface area contributed by atoms with Gasteiger partial charge in [-0.3, -0.25) is 9.69 Å². The lowest BCUT2D eigenvalue weighted by Crippen LogP contribution is -2.39. The predicted molar refractivity (Wildman–Crippen MR) is 155 cm³/mol. The zero-order chi connectivity index (χ0) is 26.6. The number of ether oxygens (including phenoxy) is 2. The number of carbonyl (C=O) groups is 1. The van der Waals surface area contributed by atoms with Gasteiger partial charge < -0.3 is 25.0 Å². The first-order valence-corrected chi connectivity index (χ1v) is 15.1. The van der Waals surface area contributed by atoms with E-state index < -0.39 is 0 Å². The van der Waals surface area contributed by atoms with Gasteiger partial charge in [0.1, 0.15) is 10.6 Å². The van der Waals surface area contributed by atoms with E-state index in [1.165, 1.54) is 11.1 Å². The van der Waals surface area contributed by atoms with Gasteiger partial charge in [0.15, 0.2) is 0 Å². The number of fused-ring (bicyclic) bond motifs is 1. The molecule has 39 heavy (non-hydrogen) atoms. The summed E-state index contributed by atoms with van der Waals surface area (Å²) < 4.78 is 11.5. The third-order valence-electron chi connectivity index (χ3n) is 8.28. The number of piperidine rings is 1. The molecule has 0 aliphatic carbocycles. The molecule has 3 fully saturated rings. The van der Waals surface area contributed by atoms with Crippen LogP contribution in [0.3, 0.4) is 0 Å². The summed E-state index contributed by atoms with van der Waals surface area (Å²) in [7, 11) is 0. The van der Waals surface area contributed by atoms with Crippen molar-refractivity contribution < 1.29 is 14.3 Å². The van der Waals surface area contributed by atoms with Crippen LogP contribution in [0.15, 0.2) is 35.7 Å². The lowest BCUT2D eigenvalue weighted by molar-refractivity contribution is -0.121. The van der Waals surface area contributed by atoms with Gasteiger partial charge in [0.2, 0.25) is 11.9 Å². The van der Waals surface area contributed by atoms with Crippen LogP contribution < -0.4 is 15.5 Å². The Morgan fingerprint density at radius 1 is 1.03 bits per heavy atom. The number of nitrogens with two attached hydrogens (primary N) is 1. The summed E-state index contributed by atoms with van der Waals surface area (Å²) in [4.78, 5) is 29.9. The molecule has 1 unspecified atom stereocenters. The summed E-state index contributed by atoms with van der Waals surface area (Å²) in [6.45, 7) is 9.47. The van der Waals surface area contributed by atoms with E-state index in [0.29, 0.717) is 18.4 Å². The van der Waals surface area contributed by atoms with E-state index in [1.807, 2.05) is 6.07 Å². The first-order chi connectivity index (χ1) is 19.2. The first kappa shape index (κ1) is 26.4. The molecule has 3 aromatic rings. The molecule has 9 nitrogen and oxygen atoms in total. The number of amides is 1. The van der Waals surface area contributed by atoms with Crippen molar-refractivity contribution in [3.05, 3.63) is 35.7 Å². The van der Waals surface area contributed by atoms with Crippen LogP contribution >= 0.6 is 11.3 Å². The van der Waals surface area contributed by atoms with Crippen LogP contribution in [0.4, 0.5) is 11.8 Å². The Morgan fingerprint density at radius 2 is 1.79 bits per heavy atom. The van der Waals surface area contributed by atoms with Crippen LogP contribution in [0, 0.1) is 11.8 Å². The normalized spacial score (nSPS) is 21.2. The molecular weight excluding hydrogens is 512 g/mol. The average molecular weight is 551 g/mol. The second kappa shape index (κ2) is 12.2. The van der Waals surface area contributed by atoms with Crippen LogP contribution in [-0.2, 0) is 14.3 Å². The molecule has 0 radical (unpaired) electrons. The summed E-state index contributed by atoms with van der Waals surface area (Å²) in [6, 6.07) is 10.5. The third-order valence-corrected chi connectivity index (χ3v) is 9.16. The first-order valence-electron chi connectivity index (χ1n) is 14.2. The van der Waals surface area contributed by atoms with Gasteiger partial charge in [-0.1, -0.05) is 30.3 Å². The van der Waals surface area contributed by atoms with E-state index in [0.717, 1.165) is 101 Å². The highest BCUT2D eigenvalue weighted by molar-refractivity contribution is 7.17. The second-order valence-electron chi connectivity index (χ2n) is 10.8. The maximum atomic E-state index is 11.8. The monoisotopic (exact) mass is 550 g/mol. The Labute approximate surface area is 233 Å². The van der Waals surface area contributed by atoms with E-state index in [-0.39, 0.29) is 11.8 Å². The van der Waals surface area contributed by atoms with Crippen molar-refractivity contribution in [3.8, 4) is 11.1 Å². The Balaban J connectivity index is 1.17. The number of primary amides is 1. The molecular formula is C29H38N6O3S. The molecule has 208 valence electrons. The zero-order valence-corrected chi connectivity index (χ0v) is 23.3. The Hall–Kier alpha value is -2.79. The number of anilines is 2. The van der Waals surface area contributed by atoms with Crippen molar-refractivity contribution in [2.45, 2.75) is 19.3 Å². The zero-order valence-electron chi connectivity index (χ0n) is 22.5. The molecule has 3 saturated heterocycles. The molecule has 10 heteroatoms. The minimum absolute atomic E-state index is 0.144. The maximum Gasteiger partial charge on any atom is 0.228 e. The number of rotatable bonds is 9. The van der Waals surface area contributed by atoms with Crippen molar-refractivity contribution in [2.75, 3.05) is 82.0 Å². The molecule has 1 amide bonds. The van der Waals surface area contributed by atoms with Gasteiger partial charge in [0, 0.05) is 63.4 Å². The number of thiophene rings is 1. The molecule has 0 saturated carbocycles. The second-order valence-corrected chi connectivity index (χ2v) is 11.7. The van der Waals surface area contributed by atoms with Crippen LogP contribution in [-0.4, -0.2) is 93.0 Å². The average Bonchev–Trinajstić information content (AvgIpc) is 3.65. The minimum Gasteiger partial charge on any atom is -0.380 e. The Kier molecular flexibility index (Phi) is 8.24. The number of hydrogen-bond donors (Lipinski definition) is 1.